The van der Waals surface area contributed by atoms with Gasteiger partial charge < -0.3 is 5.11 Å². The number of allylic oxidation sites excluding steroid dienone is 1. The molecule has 4 heteroatoms. The molecule has 0 heterocycles. The van der Waals surface area contributed by atoms with Gasteiger partial charge >= 0.3 is 5.82 Å². The van der Waals surface area contributed by atoms with Gasteiger partial charge in [-0.1, -0.05) is 13.8 Å². The monoisotopic (exact) mass is 229 g/mol. The third kappa shape index (κ3) is 1.13. The molecule has 0 saturated heterocycles. The number of Topliss-reactive ketones (excluding diaryl/α,β-unsaturated/α-hetero) is 1. The van der Waals surface area contributed by atoms with Crippen molar-refractivity contribution in [2.45, 2.75) is 33.1 Å². The largest absolute Gasteiger partial charge is 0.878 e. The fourth-order valence-corrected chi connectivity index (χ4v) is 3.53. The lowest BCUT2D eigenvalue weighted by Gasteiger charge is -2.40. The molecule has 2 aliphatic rings. The highest BCUT2D eigenvalue weighted by atomic mass is 16.3. The molecule has 4 nitrogen and oxygen atoms in total. The molecule has 2 fully saturated rings. The molecular formula is C13H13N2O2-. The lowest BCUT2D eigenvalue weighted by atomic mass is 9.67. The van der Waals surface area contributed by atoms with Crippen molar-refractivity contribution >= 4 is 5.78 Å². The lowest BCUT2D eigenvalue weighted by molar-refractivity contribution is -0.328. The quantitative estimate of drug-likeness (QED) is 0.508. The third-order valence-corrected chi connectivity index (χ3v) is 4.70. The number of hydrogen-bond donors (Lipinski definition) is 0. The van der Waals surface area contributed by atoms with Gasteiger partial charge in [0.05, 0.1) is 0 Å². The molecule has 2 saturated carbocycles. The summed E-state index contributed by atoms with van der Waals surface area (Å²) in [5.74, 6) is -0.864. The smallest absolute Gasteiger partial charge is 0.508 e. The van der Waals surface area contributed by atoms with Crippen molar-refractivity contribution in [2.24, 2.45) is 16.7 Å². The van der Waals surface area contributed by atoms with Crippen LogP contribution in [0, 0.1) is 29.9 Å². The Morgan fingerprint density at radius 3 is 2.35 bits per heavy atom. The van der Waals surface area contributed by atoms with Crippen molar-refractivity contribution < 1.29 is 9.90 Å². The zero-order chi connectivity index (χ0) is 12.8. The highest BCUT2D eigenvalue weighted by molar-refractivity contribution is 5.92. The van der Waals surface area contributed by atoms with Crippen LogP contribution in [0.25, 0.3) is 9.69 Å². The van der Waals surface area contributed by atoms with Gasteiger partial charge in [0.15, 0.2) is 0 Å². The van der Waals surface area contributed by atoms with Gasteiger partial charge in [0, 0.05) is 11.8 Å². The summed E-state index contributed by atoms with van der Waals surface area (Å²) in [6, 6.07) is 0. The summed E-state index contributed by atoms with van der Waals surface area (Å²) >= 11 is 0. The van der Waals surface area contributed by atoms with E-state index in [1.54, 1.807) is 0 Å². The molecule has 2 bridgehead atoms. The van der Waals surface area contributed by atoms with Crippen LogP contribution in [0.5, 0.6) is 0 Å². The van der Waals surface area contributed by atoms with Gasteiger partial charge in [0.2, 0.25) is 0 Å². The van der Waals surface area contributed by atoms with Crippen molar-refractivity contribution in [1.29, 1.82) is 0 Å². The summed E-state index contributed by atoms with van der Waals surface area (Å²) in [5, 5.41) is 12.3. The number of carbonyl (C=O) groups excluding carboxylic acids is 1. The third-order valence-electron chi connectivity index (χ3n) is 4.70. The second-order valence-electron chi connectivity index (χ2n) is 5.37. The van der Waals surface area contributed by atoms with Crippen molar-refractivity contribution in [3.8, 4) is 0 Å². The molecule has 2 atom stereocenters. The molecule has 0 aliphatic heterocycles. The molecule has 0 amide bonds. The Hall–Kier alpha value is -1.81. The average molecular weight is 229 g/mol. The van der Waals surface area contributed by atoms with Crippen LogP contribution in [-0.4, -0.2) is 5.78 Å². The molecule has 88 valence electrons. The van der Waals surface area contributed by atoms with Gasteiger partial charge in [0.1, 0.15) is 18.9 Å². The van der Waals surface area contributed by atoms with Crippen LogP contribution in [0.2, 0.25) is 0 Å². The zero-order valence-corrected chi connectivity index (χ0v) is 9.91. The zero-order valence-electron chi connectivity index (χ0n) is 9.91. The predicted molar refractivity (Wildman–Crippen MR) is 58.8 cm³/mol. The number of carbonyl (C=O) groups is 1. The van der Waals surface area contributed by atoms with Gasteiger partial charge in [-0.3, -0.25) is 4.79 Å². The molecule has 0 spiro atoms. The Kier molecular flexibility index (Phi) is 2.29. The van der Waals surface area contributed by atoms with Crippen molar-refractivity contribution in [3.63, 3.8) is 0 Å². The Morgan fingerprint density at radius 2 is 2.00 bits per heavy atom. The van der Waals surface area contributed by atoms with Gasteiger partial charge in [-0.15, -0.1) is 0 Å². The molecule has 17 heavy (non-hydrogen) atoms. The maximum Gasteiger partial charge on any atom is 0.508 e. The second kappa shape index (κ2) is 3.34. The van der Waals surface area contributed by atoms with E-state index in [0.717, 1.165) is 6.42 Å². The van der Waals surface area contributed by atoms with Crippen LogP contribution in [0.3, 0.4) is 0 Å². The van der Waals surface area contributed by atoms with Crippen LogP contribution in [-0.2, 0) is 4.79 Å². The molecular weight excluding hydrogens is 216 g/mol. The number of nitrogens with zero attached hydrogens (tertiary/aromatic N) is 2. The summed E-state index contributed by atoms with van der Waals surface area (Å²) in [6.45, 7) is 17.6. The molecule has 0 radical (unpaired) electrons. The Morgan fingerprint density at radius 1 is 1.41 bits per heavy atom. The maximum atomic E-state index is 12.3. The minimum atomic E-state index is -1.10. The van der Waals surface area contributed by atoms with Gasteiger partial charge in [0.25, 0.3) is 0 Å². The molecule has 2 aliphatic carbocycles. The second-order valence-corrected chi connectivity index (χ2v) is 5.37. The van der Waals surface area contributed by atoms with Crippen LogP contribution in [0.1, 0.15) is 33.1 Å². The van der Waals surface area contributed by atoms with Crippen LogP contribution >= 0.6 is 0 Å². The number of rotatable bonds is 1. The minimum absolute atomic E-state index is 0.0754. The summed E-state index contributed by atoms with van der Waals surface area (Å²) in [4.78, 5) is 18.1. The Balaban J connectivity index is 2.65. The van der Waals surface area contributed by atoms with E-state index in [2.05, 4.69) is 9.69 Å². The fourth-order valence-electron chi connectivity index (χ4n) is 3.53. The Bertz CT molecular complexity index is 488. The van der Waals surface area contributed by atoms with Crippen LogP contribution < -0.4 is 5.11 Å². The van der Waals surface area contributed by atoms with E-state index in [9.17, 15) is 9.90 Å². The van der Waals surface area contributed by atoms with E-state index in [0.29, 0.717) is 12.8 Å². The first kappa shape index (κ1) is 11.7. The number of hydrogen-bond acceptors (Lipinski definition) is 2. The summed E-state index contributed by atoms with van der Waals surface area (Å²) in [6.07, 6.45) is 1.76. The van der Waals surface area contributed by atoms with E-state index in [4.69, 9.17) is 13.1 Å². The van der Waals surface area contributed by atoms with E-state index < -0.39 is 22.4 Å². The van der Waals surface area contributed by atoms with E-state index in [1.807, 2.05) is 13.8 Å². The highest BCUT2D eigenvalue weighted by Gasteiger charge is 2.64. The first-order chi connectivity index (χ1) is 7.91. The highest BCUT2D eigenvalue weighted by Crippen LogP contribution is 2.66. The molecule has 0 aromatic rings. The first-order valence-corrected chi connectivity index (χ1v) is 5.61. The van der Waals surface area contributed by atoms with Gasteiger partial charge in [-0.25, -0.2) is 0 Å². The average Bonchev–Trinajstić information content (AvgIpc) is 2.64. The van der Waals surface area contributed by atoms with Crippen molar-refractivity contribution in [3.05, 3.63) is 34.4 Å². The van der Waals surface area contributed by atoms with Gasteiger partial charge in [-0.2, -0.15) is 9.69 Å². The van der Waals surface area contributed by atoms with E-state index in [1.165, 1.54) is 0 Å². The SMILES string of the molecule is [C-]#[N+]C([N+]#[C-])=C([O-])C12CCC(CC1=O)C2(C)C. The van der Waals surface area contributed by atoms with Crippen molar-refractivity contribution in [1.82, 2.24) is 0 Å². The standard InChI is InChI=1S/C13H14N2O2/c1-12(2)8-5-6-13(12,9(16)7-8)10(17)11(14-3)15-4/h8,17H,5-7H2,1-2H3/p-1. The first-order valence-electron chi connectivity index (χ1n) is 5.61. The molecule has 2 rings (SSSR count). The van der Waals surface area contributed by atoms with E-state index >= 15 is 0 Å². The molecule has 0 N–H and O–H groups in total. The lowest BCUT2D eigenvalue weighted by Crippen LogP contribution is -2.42. The van der Waals surface area contributed by atoms with Crippen molar-refractivity contribution in [2.75, 3.05) is 0 Å². The molecule has 2 unspecified atom stereocenters. The summed E-state index contributed by atoms with van der Waals surface area (Å²) < 4.78 is 0. The number of fused-ring (bicyclic) bond motifs is 2. The molecule has 0 aromatic carbocycles. The minimum Gasteiger partial charge on any atom is -0.878 e. The summed E-state index contributed by atoms with van der Waals surface area (Å²) in [5.41, 5.74) is -1.51. The van der Waals surface area contributed by atoms with Crippen LogP contribution in [0.4, 0.5) is 0 Å². The number of ketones is 1. The predicted octanol–water partition coefficient (Wildman–Crippen LogP) is 1.75. The fraction of sp³-hybridized carbons (Fsp3) is 0.615. The topological polar surface area (TPSA) is 48.9 Å². The van der Waals surface area contributed by atoms with Crippen LogP contribution in [0.15, 0.2) is 11.6 Å². The van der Waals surface area contributed by atoms with E-state index in [-0.39, 0.29) is 11.7 Å². The van der Waals surface area contributed by atoms with Gasteiger partial charge in [-0.05, 0) is 29.9 Å². The summed E-state index contributed by atoms with van der Waals surface area (Å²) in [7, 11) is 0. The maximum absolute atomic E-state index is 12.3. The Labute approximate surface area is 101 Å². The molecule has 0 aromatic heterocycles. The normalized spacial score (nSPS) is 32.9.